The van der Waals surface area contributed by atoms with Crippen LogP contribution in [-0.2, 0) is 6.54 Å². The average molecular weight is 244 g/mol. The van der Waals surface area contributed by atoms with Gasteiger partial charge >= 0.3 is 6.03 Å². The van der Waals surface area contributed by atoms with E-state index in [0.29, 0.717) is 0 Å². The van der Waals surface area contributed by atoms with Gasteiger partial charge in [0, 0.05) is 25.7 Å². The summed E-state index contributed by atoms with van der Waals surface area (Å²) in [5, 5.41) is 11.0. The Morgan fingerprint density at radius 1 is 1.47 bits per heavy atom. The number of urea groups is 1. The molecule has 0 spiro atoms. The molecule has 17 heavy (non-hydrogen) atoms. The second-order valence-corrected chi connectivity index (χ2v) is 3.54. The summed E-state index contributed by atoms with van der Waals surface area (Å²) in [5.74, 6) is -1.13. The van der Waals surface area contributed by atoms with Crippen LogP contribution in [0.25, 0.3) is 0 Å². The molecule has 94 valence electrons. The van der Waals surface area contributed by atoms with Crippen LogP contribution in [0.1, 0.15) is 5.56 Å². The monoisotopic (exact) mass is 244 g/mol. The van der Waals surface area contributed by atoms with E-state index < -0.39 is 17.7 Å². The molecular formula is C11H14F2N2O2. The van der Waals surface area contributed by atoms with Crippen LogP contribution in [0, 0.1) is 11.6 Å². The smallest absolute Gasteiger partial charge is 0.317 e. The predicted octanol–water partition coefficient (Wildman–Crippen LogP) is 1.10. The Kier molecular flexibility index (Phi) is 4.84. The van der Waals surface area contributed by atoms with Crippen LogP contribution in [0.3, 0.4) is 0 Å². The summed E-state index contributed by atoms with van der Waals surface area (Å²) in [6.07, 6.45) is 0. The van der Waals surface area contributed by atoms with Gasteiger partial charge in [-0.05, 0) is 18.2 Å². The van der Waals surface area contributed by atoms with Crippen molar-refractivity contribution in [2.75, 3.05) is 20.2 Å². The summed E-state index contributed by atoms with van der Waals surface area (Å²) in [6.45, 7) is -0.0755. The highest BCUT2D eigenvalue weighted by atomic mass is 19.1. The van der Waals surface area contributed by atoms with Gasteiger partial charge in [0.15, 0.2) is 0 Å². The van der Waals surface area contributed by atoms with Crippen molar-refractivity contribution in [1.82, 2.24) is 10.2 Å². The van der Waals surface area contributed by atoms with Crippen LogP contribution in [0.5, 0.6) is 0 Å². The molecule has 1 aromatic carbocycles. The van der Waals surface area contributed by atoms with Crippen molar-refractivity contribution >= 4 is 6.03 Å². The molecule has 0 saturated carbocycles. The highest BCUT2D eigenvalue weighted by Gasteiger charge is 2.09. The fourth-order valence-electron chi connectivity index (χ4n) is 1.24. The molecule has 0 aliphatic rings. The number of aliphatic hydroxyl groups excluding tert-OH is 1. The molecule has 1 rings (SSSR count). The minimum atomic E-state index is -0.573. The molecule has 4 nitrogen and oxygen atoms in total. The zero-order valence-corrected chi connectivity index (χ0v) is 9.41. The molecule has 0 bridgehead atoms. The highest BCUT2D eigenvalue weighted by molar-refractivity contribution is 5.73. The largest absolute Gasteiger partial charge is 0.395 e. The summed E-state index contributed by atoms with van der Waals surface area (Å²) in [7, 11) is 1.49. The molecule has 0 atom stereocenters. The highest BCUT2D eigenvalue weighted by Crippen LogP contribution is 2.09. The Hall–Kier alpha value is -1.69. The first-order chi connectivity index (χ1) is 8.04. The lowest BCUT2D eigenvalue weighted by Crippen LogP contribution is -2.38. The third-order valence-corrected chi connectivity index (χ3v) is 2.22. The Morgan fingerprint density at radius 2 is 2.18 bits per heavy atom. The van der Waals surface area contributed by atoms with Gasteiger partial charge in [0.05, 0.1) is 6.61 Å². The Bertz CT molecular complexity index is 399. The number of hydrogen-bond donors (Lipinski definition) is 2. The normalized spacial score (nSPS) is 10.1. The molecule has 0 aliphatic carbocycles. The SMILES string of the molecule is CN(CCO)C(=O)NCc1cc(F)ccc1F. The number of hydrogen-bond acceptors (Lipinski definition) is 2. The van der Waals surface area contributed by atoms with Crippen molar-refractivity contribution < 1.29 is 18.7 Å². The molecule has 2 N–H and O–H groups in total. The zero-order chi connectivity index (χ0) is 12.8. The fourth-order valence-corrected chi connectivity index (χ4v) is 1.24. The number of aliphatic hydroxyl groups is 1. The van der Waals surface area contributed by atoms with E-state index in [0.717, 1.165) is 18.2 Å². The van der Waals surface area contributed by atoms with Crippen molar-refractivity contribution in [3.63, 3.8) is 0 Å². The van der Waals surface area contributed by atoms with Crippen LogP contribution in [0.4, 0.5) is 13.6 Å². The first kappa shape index (κ1) is 13.4. The van der Waals surface area contributed by atoms with Gasteiger partial charge in [0.1, 0.15) is 11.6 Å². The van der Waals surface area contributed by atoms with E-state index in [1.807, 2.05) is 0 Å². The maximum Gasteiger partial charge on any atom is 0.317 e. The Balaban J connectivity index is 2.55. The summed E-state index contributed by atoms with van der Waals surface area (Å²) in [4.78, 5) is 12.6. The zero-order valence-electron chi connectivity index (χ0n) is 9.41. The third-order valence-electron chi connectivity index (χ3n) is 2.22. The van der Waals surface area contributed by atoms with Gasteiger partial charge in [-0.15, -0.1) is 0 Å². The van der Waals surface area contributed by atoms with Gasteiger partial charge in [-0.2, -0.15) is 0 Å². The minimum Gasteiger partial charge on any atom is -0.395 e. The van der Waals surface area contributed by atoms with E-state index in [2.05, 4.69) is 5.32 Å². The average Bonchev–Trinajstić information content (AvgIpc) is 2.30. The number of carbonyl (C=O) groups is 1. The minimum absolute atomic E-state index is 0.0794. The standard InChI is InChI=1S/C11H14F2N2O2/c1-15(4-5-16)11(17)14-7-8-6-9(12)2-3-10(8)13/h2-3,6,16H,4-5,7H2,1H3,(H,14,17). The lowest BCUT2D eigenvalue weighted by molar-refractivity contribution is 0.190. The molecule has 0 heterocycles. The van der Waals surface area contributed by atoms with Gasteiger partial charge in [0.2, 0.25) is 0 Å². The Morgan fingerprint density at radius 3 is 2.82 bits per heavy atom. The van der Waals surface area contributed by atoms with Crippen molar-refractivity contribution in [1.29, 1.82) is 0 Å². The maximum atomic E-state index is 13.2. The maximum absolute atomic E-state index is 13.2. The van der Waals surface area contributed by atoms with E-state index in [1.54, 1.807) is 0 Å². The van der Waals surface area contributed by atoms with Crippen molar-refractivity contribution in [2.24, 2.45) is 0 Å². The Labute approximate surface area is 97.9 Å². The van der Waals surface area contributed by atoms with Gasteiger partial charge in [-0.3, -0.25) is 0 Å². The van der Waals surface area contributed by atoms with Crippen LogP contribution in [-0.4, -0.2) is 36.2 Å². The van der Waals surface area contributed by atoms with E-state index in [9.17, 15) is 13.6 Å². The number of carbonyl (C=O) groups excluding carboxylic acids is 1. The molecule has 0 unspecified atom stereocenters. The number of likely N-dealkylation sites (N-methyl/N-ethyl adjacent to an activating group) is 1. The molecule has 0 aromatic heterocycles. The molecule has 0 aliphatic heterocycles. The summed E-state index contributed by atoms with van der Waals surface area (Å²) in [6, 6.07) is 2.59. The summed E-state index contributed by atoms with van der Waals surface area (Å²) >= 11 is 0. The molecule has 0 fully saturated rings. The number of benzene rings is 1. The number of nitrogens with one attached hydrogen (secondary N) is 1. The number of rotatable bonds is 4. The second kappa shape index (κ2) is 6.15. The summed E-state index contributed by atoms with van der Waals surface area (Å²) in [5.41, 5.74) is 0.0794. The van der Waals surface area contributed by atoms with Crippen molar-refractivity contribution in [3.8, 4) is 0 Å². The van der Waals surface area contributed by atoms with Crippen molar-refractivity contribution in [3.05, 3.63) is 35.4 Å². The van der Waals surface area contributed by atoms with Crippen LogP contribution in [0.2, 0.25) is 0 Å². The van der Waals surface area contributed by atoms with Gasteiger partial charge in [-0.25, -0.2) is 13.6 Å². The quantitative estimate of drug-likeness (QED) is 0.833. The van der Waals surface area contributed by atoms with Crippen molar-refractivity contribution in [2.45, 2.75) is 6.54 Å². The molecule has 2 amide bonds. The van der Waals surface area contributed by atoms with Crippen LogP contribution < -0.4 is 5.32 Å². The second-order valence-electron chi connectivity index (χ2n) is 3.54. The van der Waals surface area contributed by atoms with Gasteiger partial charge < -0.3 is 15.3 Å². The lowest BCUT2D eigenvalue weighted by Gasteiger charge is -2.16. The number of amides is 2. The first-order valence-corrected chi connectivity index (χ1v) is 5.08. The number of nitrogens with zero attached hydrogens (tertiary/aromatic N) is 1. The molecule has 0 radical (unpaired) electrons. The first-order valence-electron chi connectivity index (χ1n) is 5.08. The third kappa shape index (κ3) is 3.99. The van der Waals surface area contributed by atoms with Gasteiger partial charge in [0.25, 0.3) is 0 Å². The fraction of sp³-hybridized carbons (Fsp3) is 0.364. The topological polar surface area (TPSA) is 52.6 Å². The van der Waals surface area contributed by atoms with E-state index in [-0.39, 0.29) is 25.3 Å². The van der Waals surface area contributed by atoms with E-state index in [4.69, 9.17) is 5.11 Å². The van der Waals surface area contributed by atoms with E-state index in [1.165, 1.54) is 11.9 Å². The molecular weight excluding hydrogens is 230 g/mol. The molecule has 0 saturated heterocycles. The van der Waals surface area contributed by atoms with E-state index >= 15 is 0 Å². The predicted molar refractivity (Wildman–Crippen MR) is 58.3 cm³/mol. The van der Waals surface area contributed by atoms with Crippen LogP contribution >= 0.6 is 0 Å². The summed E-state index contributed by atoms with van der Waals surface area (Å²) < 4.78 is 26.0. The van der Waals surface area contributed by atoms with Crippen LogP contribution in [0.15, 0.2) is 18.2 Å². The lowest BCUT2D eigenvalue weighted by atomic mass is 10.2. The van der Waals surface area contributed by atoms with Gasteiger partial charge in [-0.1, -0.05) is 0 Å². The number of halogens is 2. The molecule has 1 aromatic rings. The molecule has 6 heteroatoms.